The Morgan fingerprint density at radius 3 is 2.88 bits per heavy atom. The molecule has 17 heavy (non-hydrogen) atoms. The molecule has 0 atom stereocenters. The summed E-state index contributed by atoms with van der Waals surface area (Å²) >= 11 is 0. The van der Waals surface area contributed by atoms with Gasteiger partial charge in [-0.1, -0.05) is 19.1 Å². The van der Waals surface area contributed by atoms with Crippen LogP contribution in [0.2, 0.25) is 0 Å². The zero-order valence-electron chi connectivity index (χ0n) is 9.65. The highest BCUT2D eigenvalue weighted by Crippen LogP contribution is 2.25. The highest BCUT2D eigenvalue weighted by molar-refractivity contribution is 5.85. The Hall–Kier alpha value is -2.10. The summed E-state index contributed by atoms with van der Waals surface area (Å²) in [7, 11) is 0. The molecule has 88 valence electrons. The summed E-state index contributed by atoms with van der Waals surface area (Å²) in [6, 6.07) is 6.87. The van der Waals surface area contributed by atoms with Crippen molar-refractivity contribution in [3.05, 3.63) is 40.2 Å². The number of aryl methyl sites for hydroxylation is 1. The fourth-order valence-electron chi connectivity index (χ4n) is 1.50. The van der Waals surface area contributed by atoms with Crippen LogP contribution in [0.25, 0.3) is 11.0 Å². The van der Waals surface area contributed by atoms with Gasteiger partial charge in [-0.05, 0) is 19.1 Å². The topological polar surface area (TPSA) is 56.5 Å². The van der Waals surface area contributed by atoms with Crippen LogP contribution in [0.4, 0.5) is 0 Å². The lowest BCUT2D eigenvalue weighted by Gasteiger charge is -2.05. The molecular weight excluding hydrogens is 220 g/mol. The second-order valence-corrected chi connectivity index (χ2v) is 3.72. The van der Waals surface area contributed by atoms with Gasteiger partial charge in [0, 0.05) is 17.4 Å². The largest absolute Gasteiger partial charge is 0.422 e. The van der Waals surface area contributed by atoms with Gasteiger partial charge in [0.05, 0.1) is 0 Å². The number of carbonyl (C=O) groups is 1. The van der Waals surface area contributed by atoms with Crippen molar-refractivity contribution < 1.29 is 13.9 Å². The summed E-state index contributed by atoms with van der Waals surface area (Å²) in [5.41, 5.74) is 0.416. The van der Waals surface area contributed by atoms with E-state index in [-0.39, 0.29) is 18.1 Å². The lowest BCUT2D eigenvalue weighted by molar-refractivity contribution is -0.133. The maximum atomic E-state index is 11.4. The van der Waals surface area contributed by atoms with Gasteiger partial charge in [0.15, 0.2) is 11.3 Å². The molecule has 0 unspecified atom stereocenters. The van der Waals surface area contributed by atoms with E-state index in [0.717, 1.165) is 5.39 Å². The van der Waals surface area contributed by atoms with Crippen molar-refractivity contribution in [2.45, 2.75) is 20.3 Å². The first kappa shape index (κ1) is 11.4. The number of benzene rings is 1. The minimum atomic E-state index is -0.419. The molecule has 0 saturated heterocycles. The normalized spacial score (nSPS) is 10.5. The summed E-state index contributed by atoms with van der Waals surface area (Å²) in [4.78, 5) is 22.7. The molecule has 0 aliphatic rings. The van der Waals surface area contributed by atoms with E-state index >= 15 is 0 Å². The second kappa shape index (κ2) is 4.41. The lowest BCUT2D eigenvalue weighted by Crippen LogP contribution is -2.07. The van der Waals surface area contributed by atoms with Crippen LogP contribution in [-0.4, -0.2) is 5.97 Å². The first-order valence-electron chi connectivity index (χ1n) is 5.36. The molecule has 1 heterocycles. The third kappa shape index (κ3) is 2.20. The number of carbonyl (C=O) groups excluding carboxylic acids is 1. The van der Waals surface area contributed by atoms with Gasteiger partial charge in [-0.15, -0.1) is 0 Å². The molecule has 0 aliphatic heterocycles. The van der Waals surface area contributed by atoms with Crippen LogP contribution in [0, 0.1) is 6.92 Å². The van der Waals surface area contributed by atoms with Crippen LogP contribution in [0.5, 0.6) is 5.75 Å². The SMILES string of the molecule is CCC(=O)Oc1cccc2cc(C)c(=O)oc12. The predicted octanol–water partition coefficient (Wildman–Crippen LogP) is 2.42. The van der Waals surface area contributed by atoms with Crippen LogP contribution in [0.1, 0.15) is 18.9 Å². The zero-order chi connectivity index (χ0) is 12.4. The summed E-state index contributed by atoms with van der Waals surface area (Å²) < 4.78 is 10.2. The van der Waals surface area contributed by atoms with Crippen molar-refractivity contribution in [3.63, 3.8) is 0 Å². The predicted molar refractivity (Wildman–Crippen MR) is 63.1 cm³/mol. The van der Waals surface area contributed by atoms with Gasteiger partial charge in [0.2, 0.25) is 0 Å². The van der Waals surface area contributed by atoms with Crippen LogP contribution in [-0.2, 0) is 4.79 Å². The fraction of sp³-hybridized carbons (Fsp3) is 0.231. The average Bonchev–Trinajstić information content (AvgIpc) is 2.31. The Balaban J connectivity index is 2.60. The van der Waals surface area contributed by atoms with Crippen LogP contribution >= 0.6 is 0 Å². The van der Waals surface area contributed by atoms with Crippen LogP contribution in [0.3, 0.4) is 0 Å². The Kier molecular flexibility index (Phi) is 2.95. The van der Waals surface area contributed by atoms with E-state index in [1.807, 2.05) is 0 Å². The minimum absolute atomic E-state index is 0.270. The molecule has 1 aromatic heterocycles. The number of rotatable bonds is 2. The van der Waals surface area contributed by atoms with Gasteiger partial charge < -0.3 is 9.15 Å². The number of hydrogen-bond donors (Lipinski definition) is 0. The fourth-order valence-corrected chi connectivity index (χ4v) is 1.50. The molecule has 0 fully saturated rings. The van der Waals surface area contributed by atoms with E-state index in [0.29, 0.717) is 11.1 Å². The van der Waals surface area contributed by atoms with Gasteiger partial charge >= 0.3 is 11.6 Å². The van der Waals surface area contributed by atoms with Crippen LogP contribution < -0.4 is 10.4 Å². The number of esters is 1. The summed E-state index contributed by atoms with van der Waals surface area (Å²) in [5.74, 6) is -0.0767. The third-order valence-corrected chi connectivity index (χ3v) is 2.41. The number of hydrogen-bond acceptors (Lipinski definition) is 4. The van der Waals surface area contributed by atoms with E-state index in [1.165, 1.54) is 0 Å². The molecule has 0 radical (unpaired) electrons. The molecule has 2 rings (SSSR count). The smallest absolute Gasteiger partial charge is 0.339 e. The third-order valence-electron chi connectivity index (χ3n) is 2.41. The van der Waals surface area contributed by atoms with Crippen molar-refractivity contribution in [2.24, 2.45) is 0 Å². The Morgan fingerprint density at radius 1 is 1.41 bits per heavy atom. The molecule has 4 heteroatoms. The Labute approximate surface area is 97.8 Å². The second-order valence-electron chi connectivity index (χ2n) is 3.72. The van der Waals surface area contributed by atoms with Crippen molar-refractivity contribution in [3.8, 4) is 5.75 Å². The molecule has 0 spiro atoms. The van der Waals surface area contributed by atoms with Gasteiger partial charge in [0.1, 0.15) is 0 Å². The molecule has 2 aromatic rings. The molecule has 0 aliphatic carbocycles. The highest BCUT2D eigenvalue weighted by atomic mass is 16.5. The summed E-state index contributed by atoms with van der Waals surface area (Å²) in [5, 5.41) is 0.739. The van der Waals surface area contributed by atoms with E-state index in [2.05, 4.69) is 0 Å². The molecule has 0 saturated carbocycles. The van der Waals surface area contributed by atoms with Gasteiger partial charge in [-0.2, -0.15) is 0 Å². The summed E-state index contributed by atoms with van der Waals surface area (Å²) in [6.45, 7) is 3.38. The number of ether oxygens (including phenoxy) is 1. The average molecular weight is 232 g/mol. The molecule has 4 nitrogen and oxygen atoms in total. The zero-order valence-corrected chi connectivity index (χ0v) is 9.65. The maximum absolute atomic E-state index is 11.4. The standard InChI is InChI=1S/C13H12O4/c1-3-11(14)16-10-6-4-5-9-7-8(2)13(15)17-12(9)10/h4-7H,3H2,1-2H3. The monoisotopic (exact) mass is 232 g/mol. The number of fused-ring (bicyclic) bond motifs is 1. The van der Waals surface area contributed by atoms with E-state index in [9.17, 15) is 9.59 Å². The molecule has 1 aromatic carbocycles. The van der Waals surface area contributed by atoms with E-state index in [1.54, 1.807) is 38.1 Å². The molecule has 0 bridgehead atoms. The minimum Gasteiger partial charge on any atom is -0.422 e. The highest BCUT2D eigenvalue weighted by Gasteiger charge is 2.10. The maximum Gasteiger partial charge on any atom is 0.339 e. The molecule has 0 N–H and O–H groups in total. The quantitative estimate of drug-likeness (QED) is 0.453. The first-order valence-corrected chi connectivity index (χ1v) is 5.36. The Bertz CT molecular complexity index is 625. The molecule has 0 amide bonds. The van der Waals surface area contributed by atoms with Crippen molar-refractivity contribution >= 4 is 16.9 Å². The molecular formula is C13H12O4. The van der Waals surface area contributed by atoms with Crippen molar-refractivity contribution in [1.82, 2.24) is 0 Å². The van der Waals surface area contributed by atoms with E-state index in [4.69, 9.17) is 9.15 Å². The number of para-hydroxylation sites is 1. The Morgan fingerprint density at radius 2 is 2.18 bits per heavy atom. The van der Waals surface area contributed by atoms with Crippen LogP contribution in [0.15, 0.2) is 33.5 Å². The first-order chi connectivity index (χ1) is 8.11. The summed E-state index contributed by atoms with van der Waals surface area (Å²) in [6.07, 6.45) is 0.270. The van der Waals surface area contributed by atoms with Gasteiger partial charge in [0.25, 0.3) is 0 Å². The van der Waals surface area contributed by atoms with Gasteiger partial charge in [-0.25, -0.2) is 4.79 Å². The van der Waals surface area contributed by atoms with E-state index < -0.39 is 5.63 Å². The van der Waals surface area contributed by atoms with Gasteiger partial charge in [-0.3, -0.25) is 4.79 Å². The lowest BCUT2D eigenvalue weighted by atomic mass is 10.2. The van der Waals surface area contributed by atoms with Crippen molar-refractivity contribution in [1.29, 1.82) is 0 Å². The van der Waals surface area contributed by atoms with Crippen molar-refractivity contribution in [2.75, 3.05) is 0 Å².